The number of nitrogens with zero attached hydrogens (tertiary/aromatic N) is 1. The first kappa shape index (κ1) is 12.3. The summed E-state index contributed by atoms with van der Waals surface area (Å²) >= 11 is 5.83. The number of carbonyl (C=O) groups excluding carboxylic acids is 1. The van der Waals surface area contributed by atoms with Gasteiger partial charge in [-0.25, -0.2) is 5.10 Å². The lowest BCUT2D eigenvalue weighted by molar-refractivity contribution is 0.0945. The van der Waals surface area contributed by atoms with Crippen molar-refractivity contribution >= 4 is 17.5 Å². The van der Waals surface area contributed by atoms with Crippen molar-refractivity contribution in [1.82, 2.24) is 15.5 Å². The van der Waals surface area contributed by atoms with Gasteiger partial charge in [0.15, 0.2) is 0 Å². The van der Waals surface area contributed by atoms with Crippen molar-refractivity contribution in [3.8, 4) is 0 Å². The molecule has 0 radical (unpaired) electrons. The zero-order valence-electron chi connectivity index (χ0n) is 9.31. The third-order valence-electron chi connectivity index (χ3n) is 2.25. The Kier molecular flexibility index (Phi) is 3.74. The van der Waals surface area contributed by atoms with E-state index in [1.54, 1.807) is 12.1 Å². The van der Waals surface area contributed by atoms with Gasteiger partial charge in [-0.1, -0.05) is 23.7 Å². The molecule has 0 aliphatic heterocycles. The van der Waals surface area contributed by atoms with Crippen LogP contribution in [0.1, 0.15) is 16.1 Å². The predicted molar refractivity (Wildman–Crippen MR) is 67.5 cm³/mol. The molecule has 1 heterocycles. The number of hydrogen-bond donors (Lipinski definition) is 2. The molecule has 2 N–H and O–H groups in total. The Morgan fingerprint density at radius 2 is 2.17 bits per heavy atom. The summed E-state index contributed by atoms with van der Waals surface area (Å²) in [5, 5.41) is 9.13. The summed E-state index contributed by atoms with van der Waals surface area (Å²) in [5.74, 6) is -0.355. The van der Waals surface area contributed by atoms with Gasteiger partial charge in [0.1, 0.15) is 5.69 Å². The maximum Gasteiger partial charge on any atom is 0.271 e. The van der Waals surface area contributed by atoms with Crippen LogP contribution in [0.4, 0.5) is 0 Å². The molecule has 0 saturated carbocycles. The molecule has 0 unspecified atom stereocenters. The summed E-state index contributed by atoms with van der Waals surface area (Å²) in [6.07, 6.45) is 0. The molecule has 6 heteroatoms. The minimum absolute atomic E-state index is 0.164. The number of rotatable bonds is 3. The molecule has 0 aliphatic rings. The van der Waals surface area contributed by atoms with E-state index in [0.717, 1.165) is 5.56 Å². The average Bonchev–Trinajstić information content (AvgIpc) is 2.37. The van der Waals surface area contributed by atoms with Crippen LogP contribution in [0.15, 0.2) is 41.2 Å². The Morgan fingerprint density at radius 3 is 2.83 bits per heavy atom. The zero-order valence-corrected chi connectivity index (χ0v) is 10.1. The van der Waals surface area contributed by atoms with E-state index in [-0.39, 0.29) is 17.2 Å². The van der Waals surface area contributed by atoms with Crippen molar-refractivity contribution in [2.75, 3.05) is 0 Å². The summed E-state index contributed by atoms with van der Waals surface area (Å²) in [4.78, 5) is 22.5. The third-order valence-corrected chi connectivity index (χ3v) is 2.49. The Balaban J connectivity index is 2.00. The molecule has 18 heavy (non-hydrogen) atoms. The van der Waals surface area contributed by atoms with Crippen LogP contribution in [0.5, 0.6) is 0 Å². The van der Waals surface area contributed by atoms with Gasteiger partial charge >= 0.3 is 0 Å². The van der Waals surface area contributed by atoms with E-state index < -0.39 is 0 Å². The topological polar surface area (TPSA) is 74.8 Å². The van der Waals surface area contributed by atoms with E-state index in [4.69, 9.17) is 11.6 Å². The second-order valence-corrected chi connectivity index (χ2v) is 4.06. The summed E-state index contributed by atoms with van der Waals surface area (Å²) in [6.45, 7) is 0.347. The van der Waals surface area contributed by atoms with Crippen molar-refractivity contribution < 1.29 is 4.79 Å². The predicted octanol–water partition coefficient (Wildman–Crippen LogP) is 1.35. The highest BCUT2D eigenvalue weighted by Gasteiger charge is 2.06. The van der Waals surface area contributed by atoms with Crippen LogP contribution in [0.25, 0.3) is 0 Å². The maximum atomic E-state index is 11.7. The van der Waals surface area contributed by atoms with Crippen LogP contribution in [-0.4, -0.2) is 16.1 Å². The molecule has 1 aromatic carbocycles. The Labute approximate surface area is 108 Å². The minimum atomic E-state index is -0.355. The zero-order chi connectivity index (χ0) is 13.0. The number of carbonyl (C=O) groups is 1. The molecule has 0 bridgehead atoms. The van der Waals surface area contributed by atoms with Crippen molar-refractivity contribution in [3.05, 3.63) is 63.0 Å². The average molecular weight is 264 g/mol. The molecule has 0 aliphatic carbocycles. The first-order valence-electron chi connectivity index (χ1n) is 5.23. The highest BCUT2D eigenvalue weighted by molar-refractivity contribution is 6.30. The normalized spacial score (nSPS) is 10.1. The lowest BCUT2D eigenvalue weighted by Gasteiger charge is -2.04. The van der Waals surface area contributed by atoms with Crippen LogP contribution in [0.3, 0.4) is 0 Å². The Bertz CT molecular complexity index is 604. The number of nitrogens with one attached hydrogen (secondary N) is 2. The van der Waals surface area contributed by atoms with Gasteiger partial charge in [0.05, 0.1) is 0 Å². The molecule has 92 valence electrons. The largest absolute Gasteiger partial charge is 0.347 e. The number of aromatic amines is 1. The van der Waals surface area contributed by atoms with Gasteiger partial charge in [-0.2, -0.15) is 5.10 Å². The molecule has 5 nitrogen and oxygen atoms in total. The number of halogens is 1. The van der Waals surface area contributed by atoms with Crippen molar-refractivity contribution in [2.24, 2.45) is 0 Å². The molecule has 2 rings (SSSR count). The quantitative estimate of drug-likeness (QED) is 0.878. The minimum Gasteiger partial charge on any atom is -0.347 e. The Morgan fingerprint density at radius 1 is 1.33 bits per heavy atom. The number of aromatic nitrogens is 2. The molecule has 0 atom stereocenters. The molecule has 0 spiro atoms. The van der Waals surface area contributed by atoms with E-state index >= 15 is 0 Å². The van der Waals surface area contributed by atoms with Gasteiger partial charge in [0.25, 0.3) is 11.5 Å². The fourth-order valence-electron chi connectivity index (χ4n) is 1.39. The van der Waals surface area contributed by atoms with E-state index in [1.807, 2.05) is 12.1 Å². The lowest BCUT2D eigenvalue weighted by atomic mass is 10.2. The van der Waals surface area contributed by atoms with Crippen molar-refractivity contribution in [1.29, 1.82) is 0 Å². The summed E-state index contributed by atoms with van der Waals surface area (Å²) in [6, 6.07) is 9.81. The highest BCUT2D eigenvalue weighted by Crippen LogP contribution is 2.10. The second kappa shape index (κ2) is 5.46. The highest BCUT2D eigenvalue weighted by atomic mass is 35.5. The van der Waals surface area contributed by atoms with E-state index in [2.05, 4.69) is 15.5 Å². The van der Waals surface area contributed by atoms with Crippen molar-refractivity contribution in [2.45, 2.75) is 6.54 Å². The third kappa shape index (κ3) is 3.18. The van der Waals surface area contributed by atoms with Gasteiger partial charge in [-0.15, -0.1) is 0 Å². The van der Waals surface area contributed by atoms with Gasteiger partial charge in [0, 0.05) is 17.6 Å². The molecular weight excluding hydrogens is 254 g/mol. The maximum absolute atomic E-state index is 11.7. The van der Waals surface area contributed by atoms with Crippen LogP contribution < -0.4 is 10.9 Å². The monoisotopic (exact) mass is 263 g/mol. The Hall–Kier alpha value is -2.14. The standard InChI is InChI=1S/C12H10ClN3O2/c13-9-3-1-2-8(6-9)7-14-12(18)10-4-5-11(17)16-15-10/h1-6H,7H2,(H,14,18)(H,16,17). The molecule has 2 aromatic rings. The molecule has 0 fully saturated rings. The summed E-state index contributed by atoms with van der Waals surface area (Å²) in [5.41, 5.74) is 0.707. The number of H-pyrrole nitrogens is 1. The van der Waals surface area contributed by atoms with E-state index in [1.165, 1.54) is 12.1 Å². The number of benzene rings is 1. The van der Waals surface area contributed by atoms with E-state index in [0.29, 0.717) is 11.6 Å². The second-order valence-electron chi connectivity index (χ2n) is 3.62. The van der Waals surface area contributed by atoms with Crippen LogP contribution in [0.2, 0.25) is 5.02 Å². The van der Waals surface area contributed by atoms with Gasteiger partial charge in [0.2, 0.25) is 0 Å². The van der Waals surface area contributed by atoms with Gasteiger partial charge in [-0.05, 0) is 23.8 Å². The summed E-state index contributed by atoms with van der Waals surface area (Å²) in [7, 11) is 0. The first-order chi connectivity index (χ1) is 8.65. The number of amides is 1. The fraction of sp³-hybridized carbons (Fsp3) is 0.0833. The molecule has 0 saturated heterocycles. The smallest absolute Gasteiger partial charge is 0.271 e. The lowest BCUT2D eigenvalue weighted by Crippen LogP contribution is -2.25. The summed E-state index contributed by atoms with van der Waals surface area (Å²) < 4.78 is 0. The van der Waals surface area contributed by atoms with Crippen molar-refractivity contribution in [3.63, 3.8) is 0 Å². The van der Waals surface area contributed by atoms with Crippen LogP contribution in [-0.2, 0) is 6.54 Å². The number of hydrogen-bond acceptors (Lipinski definition) is 3. The SMILES string of the molecule is O=C(NCc1cccc(Cl)c1)c1ccc(=O)[nH]n1. The first-order valence-corrected chi connectivity index (χ1v) is 5.61. The van der Waals surface area contributed by atoms with Crippen LogP contribution >= 0.6 is 11.6 Å². The van der Waals surface area contributed by atoms with Gasteiger partial charge in [-0.3, -0.25) is 9.59 Å². The molecular formula is C12H10ClN3O2. The van der Waals surface area contributed by atoms with E-state index in [9.17, 15) is 9.59 Å². The van der Waals surface area contributed by atoms with Crippen LogP contribution in [0, 0.1) is 0 Å². The fourth-order valence-corrected chi connectivity index (χ4v) is 1.60. The van der Waals surface area contributed by atoms with Gasteiger partial charge < -0.3 is 5.32 Å². The molecule has 1 amide bonds. The molecule has 1 aromatic heterocycles.